The van der Waals surface area contributed by atoms with Crippen LogP contribution in [0.3, 0.4) is 0 Å². The molecule has 0 fully saturated rings. The fourth-order valence-electron chi connectivity index (χ4n) is 4.76. The van der Waals surface area contributed by atoms with Crippen molar-refractivity contribution in [2.45, 2.75) is 19.3 Å². The van der Waals surface area contributed by atoms with E-state index in [-0.39, 0.29) is 5.78 Å². The Balaban J connectivity index is 1.81. The number of carbonyl (C=O) groups excluding carboxylic acids is 2. The molecule has 3 nitrogen and oxygen atoms in total. The zero-order valence-corrected chi connectivity index (χ0v) is 16.8. The third-order valence-corrected chi connectivity index (χ3v) is 6.11. The Hall–Kier alpha value is -3.72. The van der Waals surface area contributed by atoms with E-state index >= 15 is 0 Å². The summed E-state index contributed by atoms with van der Waals surface area (Å²) in [6.45, 7) is 3.72. The lowest BCUT2D eigenvalue weighted by Gasteiger charge is -2.35. The van der Waals surface area contributed by atoms with Gasteiger partial charge in [-0.15, -0.1) is 0 Å². The summed E-state index contributed by atoms with van der Waals surface area (Å²) < 4.78 is 5.94. The zero-order chi connectivity index (χ0) is 20.9. The number of ketones is 1. The van der Waals surface area contributed by atoms with Gasteiger partial charge in [-0.2, -0.15) is 0 Å². The van der Waals surface area contributed by atoms with E-state index in [0.29, 0.717) is 22.5 Å². The van der Waals surface area contributed by atoms with Gasteiger partial charge in [-0.1, -0.05) is 84.9 Å². The van der Waals surface area contributed by atoms with E-state index in [1.807, 2.05) is 91.9 Å². The number of ether oxygens (including phenoxy) is 1. The average Bonchev–Trinajstić information content (AvgIpc) is 3.06. The number of hydrogen-bond acceptors (Lipinski definition) is 3. The first kappa shape index (κ1) is 18.3. The van der Waals surface area contributed by atoms with Crippen molar-refractivity contribution < 1.29 is 14.3 Å². The van der Waals surface area contributed by atoms with Gasteiger partial charge in [-0.25, -0.2) is 4.79 Å². The van der Waals surface area contributed by atoms with Crippen molar-refractivity contribution in [2.75, 3.05) is 0 Å². The Kier molecular flexibility index (Phi) is 4.07. The van der Waals surface area contributed by atoms with E-state index in [4.69, 9.17) is 4.74 Å². The lowest BCUT2D eigenvalue weighted by atomic mass is 9.68. The molecule has 0 bridgehead atoms. The fourth-order valence-corrected chi connectivity index (χ4v) is 4.76. The zero-order valence-electron chi connectivity index (χ0n) is 16.8. The van der Waals surface area contributed by atoms with Gasteiger partial charge >= 0.3 is 5.97 Å². The van der Waals surface area contributed by atoms with Crippen molar-refractivity contribution in [1.82, 2.24) is 0 Å². The minimum atomic E-state index is -1.48. The predicted octanol–water partition coefficient (Wildman–Crippen LogP) is 5.43. The second kappa shape index (κ2) is 6.67. The minimum absolute atomic E-state index is 0.222. The second-order valence-electron chi connectivity index (χ2n) is 7.70. The summed E-state index contributed by atoms with van der Waals surface area (Å²) >= 11 is 0. The Bertz CT molecular complexity index is 1250. The molecule has 3 aromatic carbocycles. The summed E-state index contributed by atoms with van der Waals surface area (Å²) in [4.78, 5) is 27.8. The molecule has 0 N–H and O–H groups in total. The molecule has 30 heavy (non-hydrogen) atoms. The van der Waals surface area contributed by atoms with Crippen LogP contribution in [0.2, 0.25) is 0 Å². The Morgan fingerprint density at radius 1 is 0.667 bits per heavy atom. The molecule has 3 heteroatoms. The standard InChI is InChI=1S/C27H20O3/c1-17-21-15-9-10-16-22(21)27(23(17)19-11-5-3-6-12-19)25(28)18(2)24(30-26(27)29)20-13-7-4-8-14-20/h3-16H,1-2H3/t27-/m1/s1. The van der Waals surface area contributed by atoms with E-state index in [0.717, 1.165) is 22.3 Å². The summed E-state index contributed by atoms with van der Waals surface area (Å²) in [5.74, 6) is -0.425. The number of esters is 1. The number of allylic oxidation sites excluding steroid dienone is 2. The fraction of sp³-hybridized carbons (Fsp3) is 0.111. The van der Waals surface area contributed by atoms with Gasteiger partial charge in [-0.05, 0) is 41.7 Å². The first-order chi connectivity index (χ1) is 14.6. The third-order valence-electron chi connectivity index (χ3n) is 6.11. The highest BCUT2D eigenvalue weighted by atomic mass is 16.5. The van der Waals surface area contributed by atoms with Crippen LogP contribution in [0.4, 0.5) is 0 Å². The molecule has 146 valence electrons. The maximum Gasteiger partial charge on any atom is 0.334 e. The average molecular weight is 392 g/mol. The summed E-state index contributed by atoms with van der Waals surface area (Å²) in [5, 5.41) is 0. The van der Waals surface area contributed by atoms with E-state index in [1.54, 1.807) is 6.92 Å². The monoisotopic (exact) mass is 392 g/mol. The first-order valence-corrected chi connectivity index (χ1v) is 9.97. The van der Waals surface area contributed by atoms with Crippen molar-refractivity contribution >= 4 is 28.7 Å². The third kappa shape index (κ3) is 2.32. The van der Waals surface area contributed by atoms with E-state index in [2.05, 4.69) is 0 Å². The minimum Gasteiger partial charge on any atom is -0.424 e. The van der Waals surface area contributed by atoms with Crippen molar-refractivity contribution in [1.29, 1.82) is 0 Å². The molecule has 3 aromatic rings. The molecule has 0 unspecified atom stereocenters. The SMILES string of the molecule is CC1=C(c2ccccc2)OC(=O)[C@@]2(C1=O)C(c1ccccc1)=C(C)c1ccccc12. The van der Waals surface area contributed by atoms with Crippen molar-refractivity contribution in [2.24, 2.45) is 0 Å². The molecule has 1 aliphatic heterocycles. The van der Waals surface area contributed by atoms with Gasteiger partial charge in [0, 0.05) is 11.1 Å². The van der Waals surface area contributed by atoms with Crippen molar-refractivity contribution in [3.05, 3.63) is 113 Å². The second-order valence-corrected chi connectivity index (χ2v) is 7.70. The lowest BCUT2D eigenvalue weighted by molar-refractivity contribution is -0.146. The molecule has 2 aliphatic rings. The Morgan fingerprint density at radius 2 is 1.23 bits per heavy atom. The molecule has 0 radical (unpaired) electrons. The number of hydrogen-bond donors (Lipinski definition) is 0. The van der Waals surface area contributed by atoms with Gasteiger partial charge in [-0.3, -0.25) is 4.79 Å². The largest absolute Gasteiger partial charge is 0.424 e. The van der Waals surface area contributed by atoms with Crippen LogP contribution in [-0.2, 0) is 19.7 Å². The summed E-state index contributed by atoms with van der Waals surface area (Å²) in [6.07, 6.45) is 0. The van der Waals surface area contributed by atoms with E-state index < -0.39 is 11.4 Å². The molecule has 1 spiro atoms. The number of cyclic esters (lactones) is 1. The van der Waals surface area contributed by atoms with Gasteiger partial charge in [0.05, 0.1) is 0 Å². The van der Waals surface area contributed by atoms with Crippen LogP contribution in [0.5, 0.6) is 0 Å². The normalized spacial score (nSPS) is 20.6. The maximum absolute atomic E-state index is 14.0. The molecular weight excluding hydrogens is 372 g/mol. The summed E-state index contributed by atoms with van der Waals surface area (Å²) in [6, 6.07) is 26.6. The highest BCUT2D eigenvalue weighted by Crippen LogP contribution is 2.55. The number of fused-ring (bicyclic) bond motifs is 2. The summed E-state index contributed by atoms with van der Waals surface area (Å²) in [5.41, 5.74) is 3.81. The molecular formula is C27H20O3. The van der Waals surface area contributed by atoms with Crippen LogP contribution < -0.4 is 0 Å². The maximum atomic E-state index is 14.0. The Labute approximate surface area is 175 Å². The Morgan fingerprint density at radius 3 is 1.90 bits per heavy atom. The van der Waals surface area contributed by atoms with Gasteiger partial charge in [0.2, 0.25) is 0 Å². The number of carbonyl (C=O) groups is 2. The highest BCUT2D eigenvalue weighted by Gasteiger charge is 2.60. The topological polar surface area (TPSA) is 43.4 Å². The summed E-state index contributed by atoms with van der Waals surface area (Å²) in [7, 11) is 0. The van der Waals surface area contributed by atoms with Gasteiger partial charge < -0.3 is 4.74 Å². The number of benzene rings is 3. The number of Topliss-reactive ketones (excluding diaryl/α,β-unsaturated/α-hetero) is 1. The van der Waals surface area contributed by atoms with Crippen LogP contribution in [0.15, 0.2) is 90.5 Å². The van der Waals surface area contributed by atoms with E-state index in [9.17, 15) is 9.59 Å². The molecule has 1 aliphatic carbocycles. The smallest absolute Gasteiger partial charge is 0.334 e. The molecule has 0 saturated heterocycles. The van der Waals surface area contributed by atoms with Crippen LogP contribution in [0.25, 0.3) is 16.9 Å². The van der Waals surface area contributed by atoms with Crippen LogP contribution in [0, 0.1) is 0 Å². The highest BCUT2D eigenvalue weighted by molar-refractivity contribution is 6.34. The molecule has 1 atom stereocenters. The predicted molar refractivity (Wildman–Crippen MR) is 117 cm³/mol. The quantitative estimate of drug-likeness (QED) is 0.432. The molecule has 1 heterocycles. The lowest BCUT2D eigenvalue weighted by Crippen LogP contribution is -2.48. The molecule has 0 amide bonds. The molecule has 5 rings (SSSR count). The number of rotatable bonds is 2. The van der Waals surface area contributed by atoms with Crippen LogP contribution in [0.1, 0.15) is 36.1 Å². The molecule has 0 aromatic heterocycles. The van der Waals surface area contributed by atoms with E-state index in [1.165, 1.54) is 0 Å². The van der Waals surface area contributed by atoms with Gasteiger partial charge in [0.25, 0.3) is 0 Å². The van der Waals surface area contributed by atoms with Crippen LogP contribution in [-0.4, -0.2) is 11.8 Å². The first-order valence-electron chi connectivity index (χ1n) is 9.97. The van der Waals surface area contributed by atoms with Crippen molar-refractivity contribution in [3.8, 4) is 0 Å². The van der Waals surface area contributed by atoms with Gasteiger partial charge in [0.15, 0.2) is 11.2 Å². The van der Waals surface area contributed by atoms with Crippen LogP contribution >= 0.6 is 0 Å². The van der Waals surface area contributed by atoms with Gasteiger partial charge in [0.1, 0.15) is 5.76 Å². The molecule has 0 saturated carbocycles. The van der Waals surface area contributed by atoms with Crippen molar-refractivity contribution in [3.63, 3.8) is 0 Å².